The van der Waals surface area contributed by atoms with E-state index in [1.165, 1.54) is 0 Å². The van der Waals surface area contributed by atoms with Crippen LogP contribution < -0.4 is 10.5 Å². The van der Waals surface area contributed by atoms with Crippen molar-refractivity contribution in [2.75, 3.05) is 0 Å². The van der Waals surface area contributed by atoms with Crippen LogP contribution in [-0.4, -0.2) is 17.1 Å². The third kappa shape index (κ3) is 2.33. The number of nitrogens with zero attached hydrogens (tertiary/aromatic N) is 1. The lowest BCUT2D eigenvalue weighted by Gasteiger charge is -2.15. The number of hydrogen-bond donors (Lipinski definition) is 2. The number of ether oxygens (including phenoxy) is 1. The van der Waals surface area contributed by atoms with Gasteiger partial charge in [-0.05, 0) is 19.1 Å². The van der Waals surface area contributed by atoms with Crippen LogP contribution in [0.1, 0.15) is 6.92 Å². The lowest BCUT2D eigenvalue weighted by Crippen LogP contribution is -2.31. The molecule has 0 spiro atoms. The Balaban J connectivity index is 2.43. The lowest BCUT2D eigenvalue weighted by atomic mass is 10.1. The van der Waals surface area contributed by atoms with Crippen LogP contribution in [-0.2, 0) is 0 Å². The van der Waals surface area contributed by atoms with Crippen molar-refractivity contribution in [2.24, 2.45) is 10.9 Å². The number of amidine groups is 1. The van der Waals surface area contributed by atoms with Crippen molar-refractivity contribution >= 4 is 28.2 Å². The zero-order valence-electron chi connectivity index (χ0n) is 9.80. The minimum absolute atomic E-state index is 0.0223. The molecule has 3 N–H and O–H groups in total. The normalized spacial score (nSPS) is 13.6. The fraction of sp³-hybridized carbons (Fsp3) is 0.154. The second-order valence-corrected chi connectivity index (χ2v) is 4.28. The van der Waals surface area contributed by atoms with Gasteiger partial charge in [0, 0.05) is 15.8 Å². The molecule has 0 fully saturated rings. The van der Waals surface area contributed by atoms with Gasteiger partial charge in [-0.15, -0.1) is 0 Å². The first-order chi connectivity index (χ1) is 8.63. The number of fused-ring (bicyclic) bond motifs is 1. The fourth-order valence-corrected chi connectivity index (χ4v) is 1.90. The van der Waals surface area contributed by atoms with Gasteiger partial charge in [0.1, 0.15) is 5.75 Å². The molecule has 0 aromatic heterocycles. The SMILES string of the molecule is CC(Oc1ccc(Cl)c2ccccc12)C(N)=NO. The summed E-state index contributed by atoms with van der Waals surface area (Å²) in [5, 5.41) is 14.0. The van der Waals surface area contributed by atoms with Crippen molar-refractivity contribution in [3.8, 4) is 5.75 Å². The molecule has 0 aliphatic heterocycles. The second-order valence-electron chi connectivity index (χ2n) is 3.88. The van der Waals surface area contributed by atoms with Gasteiger partial charge in [-0.3, -0.25) is 0 Å². The number of halogens is 1. The number of rotatable bonds is 3. The smallest absolute Gasteiger partial charge is 0.180 e. The van der Waals surface area contributed by atoms with Crippen LogP contribution in [0.3, 0.4) is 0 Å². The first kappa shape index (κ1) is 12.5. The van der Waals surface area contributed by atoms with Gasteiger partial charge >= 0.3 is 0 Å². The maximum atomic E-state index is 8.60. The van der Waals surface area contributed by atoms with E-state index in [4.69, 9.17) is 27.3 Å². The highest BCUT2D eigenvalue weighted by molar-refractivity contribution is 6.35. The summed E-state index contributed by atoms with van der Waals surface area (Å²) in [6.45, 7) is 1.71. The molecule has 0 aliphatic rings. The Bertz CT molecular complexity index is 599. The first-order valence-electron chi connectivity index (χ1n) is 5.45. The molecule has 4 nitrogen and oxygen atoms in total. The quantitative estimate of drug-likeness (QED) is 0.388. The van der Waals surface area contributed by atoms with Crippen molar-refractivity contribution in [3.63, 3.8) is 0 Å². The minimum Gasteiger partial charge on any atom is -0.482 e. The Morgan fingerprint density at radius 1 is 1.28 bits per heavy atom. The van der Waals surface area contributed by atoms with E-state index in [0.717, 1.165) is 10.8 Å². The molecule has 2 aromatic carbocycles. The number of hydrogen-bond acceptors (Lipinski definition) is 3. The Kier molecular flexibility index (Phi) is 3.58. The van der Waals surface area contributed by atoms with E-state index in [2.05, 4.69) is 5.16 Å². The van der Waals surface area contributed by atoms with Gasteiger partial charge in [0.05, 0.1) is 0 Å². The predicted octanol–water partition coefficient (Wildman–Crippen LogP) is 3.01. The molecule has 94 valence electrons. The molecule has 0 radical (unpaired) electrons. The van der Waals surface area contributed by atoms with Gasteiger partial charge in [0.15, 0.2) is 11.9 Å². The molecular weight excluding hydrogens is 252 g/mol. The Hall–Kier alpha value is -1.94. The number of benzene rings is 2. The van der Waals surface area contributed by atoms with Crippen LogP contribution in [0.5, 0.6) is 5.75 Å². The number of oxime groups is 1. The molecule has 1 atom stereocenters. The van der Waals surface area contributed by atoms with Crippen molar-refractivity contribution in [3.05, 3.63) is 41.4 Å². The van der Waals surface area contributed by atoms with Crippen LogP contribution in [0.25, 0.3) is 10.8 Å². The predicted molar refractivity (Wildman–Crippen MR) is 72.5 cm³/mol. The Morgan fingerprint density at radius 2 is 1.94 bits per heavy atom. The van der Waals surface area contributed by atoms with Crippen molar-refractivity contribution in [1.29, 1.82) is 0 Å². The summed E-state index contributed by atoms with van der Waals surface area (Å²) in [6, 6.07) is 11.2. The fourth-order valence-electron chi connectivity index (χ4n) is 1.67. The van der Waals surface area contributed by atoms with Crippen LogP contribution in [0, 0.1) is 0 Å². The minimum atomic E-state index is -0.514. The largest absolute Gasteiger partial charge is 0.482 e. The third-order valence-electron chi connectivity index (χ3n) is 2.67. The van der Waals surface area contributed by atoms with Gasteiger partial charge in [0.25, 0.3) is 0 Å². The number of nitrogens with two attached hydrogens (primary N) is 1. The molecule has 0 saturated heterocycles. The van der Waals surface area contributed by atoms with E-state index in [0.29, 0.717) is 10.8 Å². The Morgan fingerprint density at radius 3 is 2.61 bits per heavy atom. The molecule has 0 bridgehead atoms. The summed E-state index contributed by atoms with van der Waals surface area (Å²) in [7, 11) is 0. The maximum absolute atomic E-state index is 8.60. The molecule has 0 saturated carbocycles. The standard InChI is InChI=1S/C13H13ClN2O2/c1-8(13(15)16-17)18-12-7-6-11(14)9-4-2-3-5-10(9)12/h2-8,17H,1H3,(H2,15,16). The van der Waals surface area contributed by atoms with E-state index in [-0.39, 0.29) is 5.84 Å². The van der Waals surface area contributed by atoms with E-state index in [1.54, 1.807) is 19.1 Å². The summed E-state index contributed by atoms with van der Waals surface area (Å²) in [6.07, 6.45) is -0.514. The molecule has 2 rings (SSSR count). The van der Waals surface area contributed by atoms with Crippen LogP contribution in [0.4, 0.5) is 0 Å². The van der Waals surface area contributed by atoms with Crippen LogP contribution >= 0.6 is 11.6 Å². The highest BCUT2D eigenvalue weighted by atomic mass is 35.5. The zero-order chi connectivity index (χ0) is 13.1. The van der Waals surface area contributed by atoms with E-state index < -0.39 is 6.10 Å². The molecule has 0 amide bonds. The summed E-state index contributed by atoms with van der Waals surface area (Å²) in [4.78, 5) is 0. The molecular formula is C13H13ClN2O2. The van der Waals surface area contributed by atoms with Gasteiger partial charge in [-0.25, -0.2) is 0 Å². The van der Waals surface area contributed by atoms with E-state index in [1.807, 2.05) is 24.3 Å². The van der Waals surface area contributed by atoms with Crippen LogP contribution in [0.2, 0.25) is 5.02 Å². The summed E-state index contributed by atoms with van der Waals surface area (Å²) in [5.41, 5.74) is 5.49. The third-order valence-corrected chi connectivity index (χ3v) is 3.00. The molecule has 5 heteroatoms. The van der Waals surface area contributed by atoms with Crippen molar-refractivity contribution < 1.29 is 9.94 Å². The van der Waals surface area contributed by atoms with Crippen molar-refractivity contribution in [2.45, 2.75) is 13.0 Å². The van der Waals surface area contributed by atoms with E-state index >= 15 is 0 Å². The van der Waals surface area contributed by atoms with Gasteiger partial charge in [-0.1, -0.05) is 41.0 Å². The Labute approximate surface area is 110 Å². The molecule has 2 aromatic rings. The van der Waals surface area contributed by atoms with Crippen LogP contribution in [0.15, 0.2) is 41.6 Å². The topological polar surface area (TPSA) is 67.8 Å². The molecule has 0 aliphatic carbocycles. The monoisotopic (exact) mass is 264 g/mol. The highest BCUT2D eigenvalue weighted by Gasteiger charge is 2.12. The average molecular weight is 265 g/mol. The van der Waals surface area contributed by atoms with Gasteiger partial charge < -0.3 is 15.7 Å². The maximum Gasteiger partial charge on any atom is 0.180 e. The highest BCUT2D eigenvalue weighted by Crippen LogP contribution is 2.31. The first-order valence-corrected chi connectivity index (χ1v) is 5.82. The van der Waals surface area contributed by atoms with Gasteiger partial charge in [-0.2, -0.15) is 0 Å². The zero-order valence-corrected chi connectivity index (χ0v) is 10.6. The summed E-state index contributed by atoms with van der Waals surface area (Å²) in [5.74, 6) is 0.670. The van der Waals surface area contributed by atoms with Crippen molar-refractivity contribution in [1.82, 2.24) is 0 Å². The summed E-state index contributed by atoms with van der Waals surface area (Å²) >= 11 is 6.11. The molecule has 0 heterocycles. The molecule has 18 heavy (non-hydrogen) atoms. The van der Waals surface area contributed by atoms with E-state index in [9.17, 15) is 0 Å². The lowest BCUT2D eigenvalue weighted by molar-refractivity contribution is 0.268. The average Bonchev–Trinajstić information content (AvgIpc) is 2.41. The van der Waals surface area contributed by atoms with Gasteiger partial charge in [0.2, 0.25) is 0 Å². The second kappa shape index (κ2) is 5.14. The molecule has 1 unspecified atom stereocenters. The summed E-state index contributed by atoms with van der Waals surface area (Å²) < 4.78 is 5.66.